The van der Waals surface area contributed by atoms with Gasteiger partial charge in [-0.25, -0.2) is 0 Å². The zero-order valence-electron chi connectivity index (χ0n) is 12.5. The minimum Gasteiger partial charge on any atom is -0.308 e. The van der Waals surface area contributed by atoms with E-state index in [-0.39, 0.29) is 11.3 Å². The first-order valence-electron chi connectivity index (χ1n) is 7.05. The Morgan fingerprint density at radius 1 is 1.06 bits per heavy atom. The SMILES string of the molecule is CC=CCCCC(CCCC=CC)(NC)C(C)=O. The second-order valence-electron chi connectivity index (χ2n) is 4.81. The molecule has 0 saturated heterocycles. The van der Waals surface area contributed by atoms with Crippen molar-refractivity contribution in [2.24, 2.45) is 0 Å². The van der Waals surface area contributed by atoms with Gasteiger partial charge in [-0.05, 0) is 66.3 Å². The maximum absolute atomic E-state index is 11.9. The van der Waals surface area contributed by atoms with Crippen LogP contribution in [0.2, 0.25) is 0 Å². The number of rotatable bonds is 10. The van der Waals surface area contributed by atoms with Crippen LogP contribution in [0.3, 0.4) is 0 Å². The van der Waals surface area contributed by atoms with Gasteiger partial charge in [-0.15, -0.1) is 0 Å². The average molecular weight is 251 g/mol. The molecule has 0 rings (SSSR count). The van der Waals surface area contributed by atoms with Crippen LogP contribution >= 0.6 is 0 Å². The lowest BCUT2D eigenvalue weighted by molar-refractivity contribution is -0.123. The number of hydrogen-bond acceptors (Lipinski definition) is 2. The number of ketones is 1. The quantitative estimate of drug-likeness (QED) is 0.469. The smallest absolute Gasteiger partial charge is 0.149 e. The normalized spacial score (nSPS) is 15.3. The number of hydrogen-bond donors (Lipinski definition) is 1. The predicted molar refractivity (Wildman–Crippen MR) is 79.8 cm³/mol. The molecule has 0 saturated carbocycles. The lowest BCUT2D eigenvalue weighted by atomic mass is 9.83. The lowest BCUT2D eigenvalue weighted by Crippen LogP contribution is -2.49. The summed E-state index contributed by atoms with van der Waals surface area (Å²) in [6.07, 6.45) is 14.6. The maximum Gasteiger partial charge on any atom is 0.149 e. The molecular weight excluding hydrogens is 222 g/mol. The Hall–Kier alpha value is -0.890. The molecule has 0 aliphatic rings. The van der Waals surface area contributed by atoms with E-state index >= 15 is 0 Å². The van der Waals surface area contributed by atoms with E-state index in [0.29, 0.717) is 0 Å². The molecule has 0 bridgehead atoms. The van der Waals surface area contributed by atoms with Crippen LogP contribution in [0.4, 0.5) is 0 Å². The van der Waals surface area contributed by atoms with Crippen molar-refractivity contribution in [3.63, 3.8) is 0 Å². The number of likely N-dealkylation sites (N-methyl/N-ethyl adjacent to an activating group) is 1. The summed E-state index contributed by atoms with van der Waals surface area (Å²) in [6, 6.07) is 0. The minimum atomic E-state index is -0.316. The van der Waals surface area contributed by atoms with E-state index in [0.717, 1.165) is 38.5 Å². The maximum atomic E-state index is 11.9. The summed E-state index contributed by atoms with van der Waals surface area (Å²) >= 11 is 0. The number of carbonyl (C=O) groups excluding carboxylic acids is 1. The highest BCUT2D eigenvalue weighted by Gasteiger charge is 2.31. The zero-order chi connectivity index (χ0) is 13.9. The fraction of sp³-hybridized carbons (Fsp3) is 0.688. The van der Waals surface area contributed by atoms with E-state index in [2.05, 4.69) is 29.6 Å². The summed E-state index contributed by atoms with van der Waals surface area (Å²) in [4.78, 5) is 11.9. The van der Waals surface area contributed by atoms with Crippen molar-refractivity contribution in [1.29, 1.82) is 0 Å². The summed E-state index contributed by atoms with van der Waals surface area (Å²) in [5.74, 6) is 0.269. The monoisotopic (exact) mass is 251 g/mol. The molecule has 0 aromatic heterocycles. The van der Waals surface area contributed by atoms with E-state index in [1.807, 2.05) is 20.9 Å². The van der Waals surface area contributed by atoms with Crippen molar-refractivity contribution in [3.8, 4) is 0 Å². The van der Waals surface area contributed by atoms with Crippen LogP contribution in [-0.4, -0.2) is 18.4 Å². The molecule has 0 unspecified atom stereocenters. The van der Waals surface area contributed by atoms with Crippen molar-refractivity contribution in [1.82, 2.24) is 5.32 Å². The van der Waals surface area contributed by atoms with Crippen LogP contribution in [0.1, 0.15) is 59.3 Å². The van der Waals surface area contributed by atoms with Gasteiger partial charge in [0.25, 0.3) is 0 Å². The van der Waals surface area contributed by atoms with Gasteiger partial charge in [0.15, 0.2) is 0 Å². The summed E-state index contributed by atoms with van der Waals surface area (Å²) < 4.78 is 0. The number of carbonyl (C=O) groups is 1. The minimum absolute atomic E-state index is 0.269. The number of unbranched alkanes of at least 4 members (excludes halogenated alkanes) is 2. The Labute approximate surface area is 113 Å². The largest absolute Gasteiger partial charge is 0.308 e. The first-order valence-corrected chi connectivity index (χ1v) is 7.05. The van der Waals surface area contributed by atoms with Gasteiger partial charge in [0.1, 0.15) is 5.78 Å². The molecule has 0 radical (unpaired) electrons. The Balaban J connectivity index is 4.36. The van der Waals surface area contributed by atoms with Gasteiger partial charge in [0.05, 0.1) is 5.54 Å². The Morgan fingerprint density at radius 3 is 1.78 bits per heavy atom. The van der Waals surface area contributed by atoms with E-state index < -0.39 is 0 Å². The summed E-state index contributed by atoms with van der Waals surface area (Å²) in [5.41, 5.74) is -0.316. The van der Waals surface area contributed by atoms with Crippen LogP contribution in [0.5, 0.6) is 0 Å². The molecular formula is C16H29NO. The van der Waals surface area contributed by atoms with Crippen molar-refractivity contribution in [2.75, 3.05) is 7.05 Å². The summed E-state index contributed by atoms with van der Waals surface area (Å²) in [5, 5.41) is 3.27. The molecule has 0 spiro atoms. The van der Waals surface area contributed by atoms with E-state index in [1.54, 1.807) is 6.92 Å². The number of Topliss-reactive ketones (excluding diaryl/α,β-unsaturated/α-hetero) is 1. The van der Waals surface area contributed by atoms with Gasteiger partial charge in [-0.3, -0.25) is 4.79 Å². The van der Waals surface area contributed by atoms with Crippen LogP contribution in [0, 0.1) is 0 Å². The molecule has 0 aliphatic carbocycles. The third-order valence-corrected chi connectivity index (χ3v) is 3.57. The van der Waals surface area contributed by atoms with Gasteiger partial charge >= 0.3 is 0 Å². The third-order valence-electron chi connectivity index (χ3n) is 3.57. The molecule has 18 heavy (non-hydrogen) atoms. The highest BCUT2D eigenvalue weighted by molar-refractivity contribution is 5.86. The molecule has 0 aromatic carbocycles. The van der Waals surface area contributed by atoms with Crippen molar-refractivity contribution in [2.45, 2.75) is 64.8 Å². The molecule has 0 amide bonds. The fourth-order valence-corrected chi connectivity index (χ4v) is 2.28. The van der Waals surface area contributed by atoms with Crippen LogP contribution in [0.15, 0.2) is 24.3 Å². The summed E-state index contributed by atoms with van der Waals surface area (Å²) in [6.45, 7) is 5.78. The fourth-order valence-electron chi connectivity index (χ4n) is 2.28. The Bertz CT molecular complexity index is 261. The Morgan fingerprint density at radius 2 is 1.50 bits per heavy atom. The highest BCUT2D eigenvalue weighted by atomic mass is 16.1. The molecule has 0 heterocycles. The van der Waals surface area contributed by atoms with Gasteiger partial charge in [0, 0.05) is 0 Å². The first-order chi connectivity index (χ1) is 8.63. The van der Waals surface area contributed by atoms with Crippen molar-refractivity contribution in [3.05, 3.63) is 24.3 Å². The topological polar surface area (TPSA) is 29.1 Å². The van der Waals surface area contributed by atoms with Gasteiger partial charge in [-0.2, -0.15) is 0 Å². The first kappa shape index (κ1) is 17.1. The molecule has 0 atom stereocenters. The van der Waals surface area contributed by atoms with Gasteiger partial charge < -0.3 is 5.32 Å². The Kier molecular flexibility index (Phi) is 9.57. The van der Waals surface area contributed by atoms with Crippen LogP contribution in [-0.2, 0) is 4.79 Å². The average Bonchev–Trinajstić information content (AvgIpc) is 2.37. The third kappa shape index (κ3) is 6.15. The van der Waals surface area contributed by atoms with Gasteiger partial charge in [-0.1, -0.05) is 24.3 Å². The second kappa shape index (κ2) is 10.1. The molecule has 0 fully saturated rings. The molecule has 2 nitrogen and oxygen atoms in total. The standard InChI is InChI=1S/C16H29NO/c1-5-7-9-11-13-16(17-4,15(3)18)14-12-10-8-6-2/h5-8,17H,9-14H2,1-4H3. The number of nitrogens with one attached hydrogen (secondary N) is 1. The number of allylic oxidation sites excluding steroid dienone is 4. The molecule has 0 aromatic rings. The molecule has 2 heteroatoms. The van der Waals surface area contributed by atoms with E-state index in [1.165, 1.54) is 0 Å². The molecule has 0 aliphatic heterocycles. The molecule has 1 N–H and O–H groups in total. The van der Waals surface area contributed by atoms with Crippen molar-refractivity contribution >= 4 is 5.78 Å². The van der Waals surface area contributed by atoms with Crippen LogP contribution in [0.25, 0.3) is 0 Å². The van der Waals surface area contributed by atoms with E-state index in [4.69, 9.17) is 0 Å². The zero-order valence-corrected chi connectivity index (χ0v) is 12.5. The predicted octanol–water partition coefficient (Wildman–Crippen LogP) is 4.03. The van der Waals surface area contributed by atoms with Crippen molar-refractivity contribution < 1.29 is 4.79 Å². The molecule has 104 valence electrons. The lowest BCUT2D eigenvalue weighted by Gasteiger charge is -2.31. The second-order valence-corrected chi connectivity index (χ2v) is 4.81. The summed E-state index contributed by atoms with van der Waals surface area (Å²) in [7, 11) is 1.91. The van der Waals surface area contributed by atoms with Gasteiger partial charge in [0.2, 0.25) is 0 Å². The van der Waals surface area contributed by atoms with Crippen LogP contribution < -0.4 is 5.32 Å². The van der Waals surface area contributed by atoms with E-state index in [9.17, 15) is 4.79 Å². The highest BCUT2D eigenvalue weighted by Crippen LogP contribution is 2.23.